The third-order valence-corrected chi connectivity index (χ3v) is 3.93. The molecule has 20 heavy (non-hydrogen) atoms. The average Bonchev–Trinajstić information content (AvgIpc) is 3.03. The van der Waals surface area contributed by atoms with E-state index in [0.29, 0.717) is 0 Å². The number of nitrogens with zero attached hydrogens (tertiary/aromatic N) is 4. The molecule has 106 valence electrons. The molecule has 0 N–H and O–H groups in total. The molecule has 6 heteroatoms. The van der Waals surface area contributed by atoms with Crippen LogP contribution in [0.2, 0.25) is 0 Å². The zero-order valence-electron chi connectivity index (χ0n) is 11.3. The van der Waals surface area contributed by atoms with Gasteiger partial charge in [-0.1, -0.05) is 18.2 Å². The first-order valence-corrected chi connectivity index (χ1v) is 7.57. The molecular formula is C14H18N4OS. The first-order chi connectivity index (χ1) is 9.92. The van der Waals surface area contributed by atoms with Crippen LogP contribution in [0.1, 0.15) is 0 Å². The van der Waals surface area contributed by atoms with Crippen molar-refractivity contribution in [3.63, 3.8) is 0 Å². The van der Waals surface area contributed by atoms with Gasteiger partial charge in [0.05, 0.1) is 17.9 Å². The summed E-state index contributed by atoms with van der Waals surface area (Å²) >= 11 is 1.27. The number of ether oxygens (including phenoxy) is 1. The largest absolute Gasteiger partial charge is 0.492 e. The van der Waals surface area contributed by atoms with Gasteiger partial charge in [-0.15, -0.1) is 0 Å². The van der Waals surface area contributed by atoms with Crippen LogP contribution < -0.4 is 9.64 Å². The van der Waals surface area contributed by atoms with Crippen LogP contribution in [0, 0.1) is 0 Å². The summed E-state index contributed by atoms with van der Waals surface area (Å²) in [5.41, 5.74) is 0. The van der Waals surface area contributed by atoms with Gasteiger partial charge in [-0.3, -0.25) is 4.90 Å². The molecule has 2 aromatic rings. The minimum atomic E-state index is 0.738. The summed E-state index contributed by atoms with van der Waals surface area (Å²) < 4.78 is 14.1. The van der Waals surface area contributed by atoms with Crippen molar-refractivity contribution in [3.05, 3.63) is 36.5 Å². The van der Waals surface area contributed by atoms with Gasteiger partial charge in [0.15, 0.2) is 5.82 Å². The Morgan fingerprint density at radius 3 is 2.60 bits per heavy atom. The monoisotopic (exact) mass is 290 g/mol. The Morgan fingerprint density at radius 2 is 1.90 bits per heavy atom. The van der Waals surface area contributed by atoms with Crippen LogP contribution >= 0.6 is 11.7 Å². The molecule has 0 unspecified atom stereocenters. The lowest BCUT2D eigenvalue weighted by Gasteiger charge is -2.34. The quantitative estimate of drug-likeness (QED) is 0.839. The van der Waals surface area contributed by atoms with Crippen molar-refractivity contribution in [1.82, 2.24) is 13.6 Å². The van der Waals surface area contributed by atoms with Crippen LogP contribution in [-0.2, 0) is 0 Å². The first-order valence-electron chi connectivity index (χ1n) is 6.84. The Bertz CT molecular complexity index is 497. The highest BCUT2D eigenvalue weighted by Crippen LogP contribution is 2.13. The maximum Gasteiger partial charge on any atom is 0.162 e. The minimum absolute atomic E-state index is 0.738. The van der Waals surface area contributed by atoms with Crippen molar-refractivity contribution in [2.45, 2.75) is 0 Å². The zero-order chi connectivity index (χ0) is 13.6. The molecule has 0 amide bonds. The van der Waals surface area contributed by atoms with E-state index in [4.69, 9.17) is 4.74 Å². The van der Waals surface area contributed by atoms with Gasteiger partial charge in [-0.25, -0.2) is 0 Å². The minimum Gasteiger partial charge on any atom is -0.492 e. The van der Waals surface area contributed by atoms with Crippen molar-refractivity contribution >= 4 is 17.5 Å². The number of benzene rings is 1. The molecule has 1 aliphatic rings. The van der Waals surface area contributed by atoms with Crippen molar-refractivity contribution in [2.75, 3.05) is 44.2 Å². The third kappa shape index (κ3) is 3.46. The zero-order valence-corrected chi connectivity index (χ0v) is 12.1. The summed E-state index contributed by atoms with van der Waals surface area (Å²) in [4.78, 5) is 4.72. The molecule has 0 radical (unpaired) electrons. The fraction of sp³-hybridized carbons (Fsp3) is 0.429. The van der Waals surface area contributed by atoms with Crippen molar-refractivity contribution < 1.29 is 4.74 Å². The smallest absolute Gasteiger partial charge is 0.162 e. The molecule has 1 aliphatic heterocycles. The number of rotatable bonds is 5. The lowest BCUT2D eigenvalue weighted by atomic mass is 10.3. The highest BCUT2D eigenvalue weighted by molar-refractivity contribution is 6.99. The van der Waals surface area contributed by atoms with E-state index in [1.54, 1.807) is 0 Å². The Labute approximate surface area is 123 Å². The number of para-hydroxylation sites is 1. The van der Waals surface area contributed by atoms with Gasteiger partial charge in [0.25, 0.3) is 0 Å². The van der Waals surface area contributed by atoms with E-state index in [2.05, 4.69) is 18.5 Å². The fourth-order valence-corrected chi connectivity index (χ4v) is 2.74. The Kier molecular flexibility index (Phi) is 4.45. The summed E-state index contributed by atoms with van der Waals surface area (Å²) in [6.07, 6.45) is 1.85. The average molecular weight is 290 g/mol. The lowest BCUT2D eigenvalue weighted by Crippen LogP contribution is -2.47. The van der Waals surface area contributed by atoms with E-state index >= 15 is 0 Å². The number of hydrogen-bond donors (Lipinski definition) is 0. The lowest BCUT2D eigenvalue weighted by molar-refractivity contribution is 0.200. The van der Waals surface area contributed by atoms with Crippen LogP contribution in [0.25, 0.3) is 0 Å². The molecule has 0 spiro atoms. The topological polar surface area (TPSA) is 41.5 Å². The van der Waals surface area contributed by atoms with E-state index in [9.17, 15) is 0 Å². The summed E-state index contributed by atoms with van der Waals surface area (Å²) in [6.45, 7) is 5.83. The SMILES string of the molecule is c1ccc(OCCN2CCN(c3cnsn3)CC2)cc1. The standard InChI is InChI=1S/C14H18N4OS/c1-2-4-13(5-3-1)19-11-10-17-6-8-18(9-7-17)14-12-15-20-16-14/h1-5,12H,6-11H2. The molecule has 3 rings (SSSR count). The molecular weight excluding hydrogens is 272 g/mol. The normalized spacial score (nSPS) is 16.3. The fourth-order valence-electron chi connectivity index (χ4n) is 2.31. The molecule has 0 bridgehead atoms. The second-order valence-electron chi connectivity index (χ2n) is 4.76. The van der Waals surface area contributed by atoms with Crippen LogP contribution in [0.15, 0.2) is 36.5 Å². The van der Waals surface area contributed by atoms with Crippen LogP contribution in [-0.4, -0.2) is 53.0 Å². The van der Waals surface area contributed by atoms with Gasteiger partial charge >= 0.3 is 0 Å². The number of piperazine rings is 1. The summed E-state index contributed by atoms with van der Waals surface area (Å²) in [5, 5.41) is 0. The third-order valence-electron chi connectivity index (χ3n) is 3.47. The molecule has 1 aromatic heterocycles. The number of anilines is 1. The Hall–Kier alpha value is -1.66. The van der Waals surface area contributed by atoms with Crippen molar-refractivity contribution in [2.24, 2.45) is 0 Å². The van der Waals surface area contributed by atoms with Gasteiger partial charge in [0.1, 0.15) is 12.4 Å². The van der Waals surface area contributed by atoms with Gasteiger partial charge in [0, 0.05) is 32.7 Å². The maximum absolute atomic E-state index is 5.73. The maximum atomic E-state index is 5.73. The molecule has 1 saturated heterocycles. The molecule has 2 heterocycles. The summed E-state index contributed by atoms with van der Waals surface area (Å²) in [7, 11) is 0. The van der Waals surface area contributed by atoms with E-state index in [-0.39, 0.29) is 0 Å². The van der Waals surface area contributed by atoms with Crippen molar-refractivity contribution in [3.8, 4) is 5.75 Å². The van der Waals surface area contributed by atoms with Gasteiger partial charge in [0.2, 0.25) is 0 Å². The molecule has 0 atom stereocenters. The second kappa shape index (κ2) is 6.67. The number of aromatic nitrogens is 2. The second-order valence-corrected chi connectivity index (χ2v) is 5.31. The predicted molar refractivity (Wildman–Crippen MR) is 80.5 cm³/mol. The molecule has 0 aliphatic carbocycles. The van der Waals surface area contributed by atoms with Gasteiger partial charge in [-0.05, 0) is 12.1 Å². The molecule has 1 aromatic carbocycles. The first kappa shape index (κ1) is 13.3. The number of hydrogen-bond acceptors (Lipinski definition) is 6. The predicted octanol–water partition coefficient (Wildman–Crippen LogP) is 1.74. The highest BCUT2D eigenvalue weighted by Gasteiger charge is 2.18. The van der Waals surface area contributed by atoms with E-state index in [1.807, 2.05) is 36.5 Å². The highest BCUT2D eigenvalue weighted by atomic mass is 32.1. The molecule has 1 fully saturated rings. The Morgan fingerprint density at radius 1 is 1.10 bits per heavy atom. The summed E-state index contributed by atoms with van der Waals surface area (Å²) in [6, 6.07) is 9.98. The van der Waals surface area contributed by atoms with Crippen LogP contribution in [0.4, 0.5) is 5.82 Å². The van der Waals surface area contributed by atoms with Crippen LogP contribution in [0.5, 0.6) is 5.75 Å². The van der Waals surface area contributed by atoms with Gasteiger partial charge in [-0.2, -0.15) is 8.75 Å². The summed E-state index contributed by atoms with van der Waals surface area (Å²) in [5.74, 6) is 1.95. The van der Waals surface area contributed by atoms with Crippen molar-refractivity contribution in [1.29, 1.82) is 0 Å². The van der Waals surface area contributed by atoms with E-state index in [0.717, 1.165) is 50.9 Å². The molecule has 0 saturated carbocycles. The van der Waals surface area contributed by atoms with E-state index < -0.39 is 0 Å². The van der Waals surface area contributed by atoms with E-state index in [1.165, 1.54) is 11.7 Å². The molecule has 5 nitrogen and oxygen atoms in total. The van der Waals surface area contributed by atoms with Gasteiger partial charge < -0.3 is 9.64 Å². The Balaban J connectivity index is 1.39. The van der Waals surface area contributed by atoms with Crippen LogP contribution in [0.3, 0.4) is 0 Å².